The second-order valence-corrected chi connectivity index (χ2v) is 10.1. The van der Waals surface area contributed by atoms with E-state index in [9.17, 15) is 9.90 Å². The molecule has 2 aliphatic rings. The summed E-state index contributed by atoms with van der Waals surface area (Å²) in [6.45, 7) is 13.0. The molecule has 1 unspecified atom stereocenters. The maximum absolute atomic E-state index is 12.8. The Balaban J connectivity index is 1.62. The normalized spacial score (nSPS) is 23.6. The number of nitrogens with one attached hydrogen (secondary N) is 1. The van der Waals surface area contributed by atoms with E-state index in [1.54, 1.807) is 11.3 Å². The van der Waals surface area contributed by atoms with Gasteiger partial charge in [-0.2, -0.15) is 0 Å². The molecule has 0 spiro atoms. The average Bonchev–Trinajstić information content (AvgIpc) is 2.89. The molecule has 1 aliphatic heterocycles. The first-order chi connectivity index (χ1) is 12.0. The van der Waals surface area contributed by atoms with Gasteiger partial charge in [0.1, 0.15) is 0 Å². The lowest BCUT2D eigenvalue weighted by atomic mass is 9.79. The van der Waals surface area contributed by atoms with Gasteiger partial charge in [-0.05, 0) is 40.0 Å². The number of fused-ring (bicyclic) bond motifs is 1. The molecule has 1 aromatic heterocycles. The Bertz CT molecular complexity index is 665. The second kappa shape index (κ2) is 7.09. The fourth-order valence-electron chi connectivity index (χ4n) is 4.10. The van der Waals surface area contributed by atoms with Crippen molar-refractivity contribution >= 4 is 22.5 Å². The fourth-order valence-corrected chi connectivity index (χ4v) is 5.28. The van der Waals surface area contributed by atoms with Crippen molar-refractivity contribution < 1.29 is 9.90 Å². The smallest absolute Gasteiger partial charge is 0.323 e. The standard InChI is InChI=1S/C19H32N4O2S/c1-13-11-22(12-19(4,5)25)9-10-23(13)17(24)21-16-20-15-14(26-16)7-6-8-18(15,2)3/h13,25H,6-12H2,1-5H3,(H,20,21,24). The summed E-state index contributed by atoms with van der Waals surface area (Å²) in [6.07, 6.45) is 3.41. The first-order valence-electron chi connectivity index (χ1n) is 9.58. The number of aliphatic hydroxyl groups is 1. The van der Waals surface area contributed by atoms with Crippen LogP contribution in [0.25, 0.3) is 0 Å². The lowest BCUT2D eigenvalue weighted by molar-refractivity contribution is 0.0130. The number of thiazole rings is 1. The molecule has 0 bridgehead atoms. The third-order valence-corrected chi connectivity index (χ3v) is 6.37. The molecule has 1 aliphatic carbocycles. The fraction of sp³-hybridized carbons (Fsp3) is 0.789. The molecule has 1 atom stereocenters. The Hall–Kier alpha value is -1.18. The molecule has 0 radical (unpaired) electrons. The maximum Gasteiger partial charge on any atom is 0.323 e. The zero-order chi connectivity index (χ0) is 19.1. The largest absolute Gasteiger partial charge is 0.389 e. The van der Waals surface area contributed by atoms with Crippen LogP contribution >= 0.6 is 11.3 Å². The van der Waals surface area contributed by atoms with Gasteiger partial charge in [0.05, 0.1) is 11.3 Å². The third-order valence-electron chi connectivity index (χ3n) is 5.34. The molecule has 1 aromatic rings. The Kier molecular flexibility index (Phi) is 5.34. The van der Waals surface area contributed by atoms with Crippen LogP contribution in [0.3, 0.4) is 0 Å². The highest BCUT2D eigenvalue weighted by Gasteiger charge is 2.33. The van der Waals surface area contributed by atoms with E-state index in [0.29, 0.717) is 13.1 Å². The molecule has 0 aromatic carbocycles. The second-order valence-electron chi connectivity index (χ2n) is 9.05. The highest BCUT2D eigenvalue weighted by Crippen LogP contribution is 2.40. The van der Waals surface area contributed by atoms with E-state index in [0.717, 1.165) is 36.8 Å². The first kappa shape index (κ1) is 19.6. The number of β-amino-alcohol motifs (C(OH)–C–C–N with tert-alkyl or cyclic N) is 1. The number of anilines is 1. The number of nitrogens with zero attached hydrogens (tertiary/aromatic N) is 3. The van der Waals surface area contributed by atoms with Crippen molar-refractivity contribution in [1.29, 1.82) is 0 Å². The van der Waals surface area contributed by atoms with Crippen molar-refractivity contribution in [2.45, 2.75) is 70.9 Å². The Morgan fingerprint density at radius 1 is 1.42 bits per heavy atom. The van der Waals surface area contributed by atoms with Crippen LogP contribution in [0.4, 0.5) is 9.93 Å². The van der Waals surface area contributed by atoms with Gasteiger partial charge in [-0.3, -0.25) is 10.2 Å². The van der Waals surface area contributed by atoms with Gasteiger partial charge in [-0.15, -0.1) is 11.3 Å². The number of piperazine rings is 1. The summed E-state index contributed by atoms with van der Waals surface area (Å²) < 4.78 is 0. The molecule has 2 amide bonds. The molecule has 3 rings (SSSR count). The van der Waals surface area contributed by atoms with Gasteiger partial charge in [-0.1, -0.05) is 13.8 Å². The summed E-state index contributed by atoms with van der Waals surface area (Å²) in [5.74, 6) is 0. The average molecular weight is 381 g/mol. The van der Waals surface area contributed by atoms with Gasteiger partial charge < -0.3 is 10.0 Å². The number of rotatable bonds is 3. The quantitative estimate of drug-likeness (QED) is 0.846. The zero-order valence-corrected chi connectivity index (χ0v) is 17.4. The predicted octanol–water partition coefficient (Wildman–Crippen LogP) is 3.07. The number of hydrogen-bond acceptors (Lipinski definition) is 5. The number of aryl methyl sites for hydroxylation is 1. The van der Waals surface area contributed by atoms with E-state index in [2.05, 4.69) is 31.0 Å². The van der Waals surface area contributed by atoms with E-state index >= 15 is 0 Å². The van der Waals surface area contributed by atoms with Crippen molar-refractivity contribution in [3.8, 4) is 0 Å². The molecule has 26 heavy (non-hydrogen) atoms. The summed E-state index contributed by atoms with van der Waals surface area (Å²) in [6, 6.07) is 0.0430. The SMILES string of the molecule is CC1CN(CC(C)(C)O)CCN1C(=O)Nc1nc2c(s1)CCCC2(C)C. The molecule has 2 heterocycles. The van der Waals surface area contributed by atoms with Crippen molar-refractivity contribution in [3.63, 3.8) is 0 Å². The van der Waals surface area contributed by atoms with Crippen LogP contribution < -0.4 is 5.32 Å². The van der Waals surface area contributed by atoms with Crippen LogP contribution in [0, 0.1) is 0 Å². The number of urea groups is 1. The van der Waals surface area contributed by atoms with E-state index in [4.69, 9.17) is 4.98 Å². The third kappa shape index (κ3) is 4.38. The maximum atomic E-state index is 12.8. The van der Waals surface area contributed by atoms with Gasteiger partial charge in [0.2, 0.25) is 0 Å². The summed E-state index contributed by atoms with van der Waals surface area (Å²) in [5.41, 5.74) is 0.548. The number of aromatic nitrogens is 1. The molecule has 6 nitrogen and oxygen atoms in total. The summed E-state index contributed by atoms with van der Waals surface area (Å²) in [4.78, 5) is 22.9. The lowest BCUT2D eigenvalue weighted by Gasteiger charge is -2.41. The van der Waals surface area contributed by atoms with Crippen LogP contribution in [0.15, 0.2) is 0 Å². The van der Waals surface area contributed by atoms with Gasteiger partial charge >= 0.3 is 6.03 Å². The molecular weight excluding hydrogens is 348 g/mol. The van der Waals surface area contributed by atoms with E-state index in [1.165, 1.54) is 11.3 Å². The van der Waals surface area contributed by atoms with E-state index in [1.807, 2.05) is 18.7 Å². The van der Waals surface area contributed by atoms with Gasteiger partial charge in [0, 0.05) is 42.5 Å². The number of hydrogen-bond donors (Lipinski definition) is 2. The minimum atomic E-state index is -0.711. The molecule has 1 saturated heterocycles. The van der Waals surface area contributed by atoms with Crippen molar-refractivity contribution in [1.82, 2.24) is 14.8 Å². The minimum Gasteiger partial charge on any atom is -0.389 e. The van der Waals surface area contributed by atoms with Crippen LogP contribution in [0.1, 0.15) is 58.0 Å². The van der Waals surface area contributed by atoms with Crippen molar-refractivity contribution in [2.75, 3.05) is 31.5 Å². The topological polar surface area (TPSA) is 68.7 Å². The highest BCUT2D eigenvalue weighted by molar-refractivity contribution is 7.15. The minimum absolute atomic E-state index is 0.0655. The van der Waals surface area contributed by atoms with Crippen molar-refractivity contribution in [2.24, 2.45) is 0 Å². The Morgan fingerprint density at radius 3 is 2.77 bits per heavy atom. The predicted molar refractivity (Wildman–Crippen MR) is 106 cm³/mol. The zero-order valence-electron chi connectivity index (χ0n) is 16.6. The Labute approximate surface area is 160 Å². The summed E-state index contributed by atoms with van der Waals surface area (Å²) in [7, 11) is 0. The van der Waals surface area contributed by atoms with Crippen LogP contribution in [0.2, 0.25) is 0 Å². The number of carbonyl (C=O) groups is 1. The molecule has 1 fully saturated rings. The molecule has 7 heteroatoms. The lowest BCUT2D eigenvalue weighted by Crippen LogP contribution is -2.57. The van der Waals surface area contributed by atoms with Gasteiger partial charge in [0.15, 0.2) is 5.13 Å². The number of amides is 2. The summed E-state index contributed by atoms with van der Waals surface area (Å²) in [5, 5.41) is 13.8. The van der Waals surface area contributed by atoms with E-state index in [-0.39, 0.29) is 17.5 Å². The van der Waals surface area contributed by atoms with E-state index < -0.39 is 5.60 Å². The van der Waals surface area contributed by atoms with Crippen molar-refractivity contribution in [3.05, 3.63) is 10.6 Å². The number of carbonyl (C=O) groups excluding carboxylic acids is 1. The molecule has 146 valence electrons. The molecular formula is C19H32N4O2S. The van der Waals surface area contributed by atoms with Crippen LogP contribution in [0.5, 0.6) is 0 Å². The van der Waals surface area contributed by atoms with Crippen LogP contribution in [-0.4, -0.2) is 63.7 Å². The van der Waals surface area contributed by atoms with Crippen LogP contribution in [-0.2, 0) is 11.8 Å². The highest BCUT2D eigenvalue weighted by atomic mass is 32.1. The van der Waals surface area contributed by atoms with Gasteiger partial charge in [-0.25, -0.2) is 9.78 Å². The molecule has 0 saturated carbocycles. The molecule has 2 N–H and O–H groups in total. The first-order valence-corrected chi connectivity index (χ1v) is 10.4. The Morgan fingerprint density at radius 2 is 2.15 bits per heavy atom. The summed E-state index contributed by atoms with van der Waals surface area (Å²) >= 11 is 1.63. The van der Waals surface area contributed by atoms with Gasteiger partial charge in [0.25, 0.3) is 0 Å². The monoisotopic (exact) mass is 380 g/mol.